The number of nitrogens with one attached hydrogen (secondary N) is 1. The van der Waals surface area contributed by atoms with Crippen LogP contribution in [0.25, 0.3) is 0 Å². The molecular formula is C8H9BrFN3O4S. The standard InChI is InChI=1S/C8H9BrFN3O4S/c9-5-3-7(12-1-2-18(11,16)17)8(13(14)15)4-6(5)10/h3-4,12H,1-2H2,(H2,11,16,17). The van der Waals surface area contributed by atoms with Crippen LogP contribution in [-0.4, -0.2) is 25.6 Å². The third-order valence-electron chi connectivity index (χ3n) is 1.94. The van der Waals surface area contributed by atoms with Gasteiger partial charge in [0.1, 0.15) is 11.5 Å². The lowest BCUT2D eigenvalue weighted by atomic mass is 10.2. The molecule has 1 aromatic carbocycles. The predicted octanol–water partition coefficient (Wildman–Crippen LogP) is 1.20. The molecule has 0 saturated carbocycles. The highest BCUT2D eigenvalue weighted by Gasteiger charge is 2.17. The highest BCUT2D eigenvalue weighted by atomic mass is 79.9. The van der Waals surface area contributed by atoms with E-state index in [0.29, 0.717) is 0 Å². The summed E-state index contributed by atoms with van der Waals surface area (Å²) in [5.41, 5.74) is -0.470. The first-order valence-corrected chi connectivity index (χ1v) is 7.09. The van der Waals surface area contributed by atoms with Gasteiger partial charge in [0.05, 0.1) is 21.2 Å². The van der Waals surface area contributed by atoms with Crippen molar-refractivity contribution in [2.75, 3.05) is 17.6 Å². The van der Waals surface area contributed by atoms with Crippen LogP contribution in [0.2, 0.25) is 0 Å². The van der Waals surface area contributed by atoms with Gasteiger partial charge in [0, 0.05) is 6.54 Å². The van der Waals surface area contributed by atoms with Crippen LogP contribution in [-0.2, 0) is 10.0 Å². The minimum atomic E-state index is -3.66. The fourth-order valence-corrected chi connectivity index (χ4v) is 1.89. The quantitative estimate of drug-likeness (QED) is 0.616. The molecular weight excluding hydrogens is 333 g/mol. The Morgan fingerprint density at radius 3 is 2.61 bits per heavy atom. The summed E-state index contributed by atoms with van der Waals surface area (Å²) in [4.78, 5) is 9.92. The second kappa shape index (κ2) is 5.59. The molecule has 10 heteroatoms. The van der Waals surface area contributed by atoms with Gasteiger partial charge < -0.3 is 5.32 Å². The third kappa shape index (κ3) is 4.20. The molecule has 0 atom stereocenters. The van der Waals surface area contributed by atoms with Crippen molar-refractivity contribution >= 4 is 37.3 Å². The van der Waals surface area contributed by atoms with Crippen LogP contribution in [0.5, 0.6) is 0 Å². The number of nitrogens with two attached hydrogens (primary N) is 1. The second-order valence-corrected chi connectivity index (χ2v) is 5.92. The summed E-state index contributed by atoms with van der Waals surface area (Å²) in [6.07, 6.45) is 0. The van der Waals surface area contributed by atoms with Crippen molar-refractivity contribution in [2.45, 2.75) is 0 Å². The molecule has 1 aromatic rings. The van der Waals surface area contributed by atoms with Crippen LogP contribution < -0.4 is 10.5 Å². The van der Waals surface area contributed by atoms with Crippen molar-refractivity contribution in [2.24, 2.45) is 5.14 Å². The van der Waals surface area contributed by atoms with Crippen molar-refractivity contribution in [3.8, 4) is 0 Å². The van der Waals surface area contributed by atoms with Crippen molar-refractivity contribution in [1.82, 2.24) is 0 Å². The molecule has 0 saturated heterocycles. The van der Waals surface area contributed by atoms with Crippen molar-refractivity contribution in [3.63, 3.8) is 0 Å². The maximum atomic E-state index is 13.1. The van der Waals surface area contributed by atoms with Gasteiger partial charge in [-0.05, 0) is 22.0 Å². The summed E-state index contributed by atoms with van der Waals surface area (Å²) in [6.45, 7) is -0.113. The summed E-state index contributed by atoms with van der Waals surface area (Å²) in [6, 6.07) is 1.90. The number of nitro benzene ring substituents is 1. The summed E-state index contributed by atoms with van der Waals surface area (Å²) >= 11 is 2.88. The molecule has 0 aliphatic carbocycles. The Labute approximate surface area is 110 Å². The van der Waals surface area contributed by atoms with E-state index >= 15 is 0 Å². The van der Waals surface area contributed by atoms with E-state index < -0.39 is 26.5 Å². The normalized spacial score (nSPS) is 11.3. The summed E-state index contributed by atoms with van der Waals surface area (Å²) in [7, 11) is -3.66. The number of hydrogen-bond acceptors (Lipinski definition) is 5. The average molecular weight is 342 g/mol. The molecule has 0 aliphatic heterocycles. The van der Waals surface area contributed by atoms with Gasteiger partial charge in [0.25, 0.3) is 5.69 Å². The topological polar surface area (TPSA) is 115 Å². The van der Waals surface area contributed by atoms with Crippen LogP contribution in [0.4, 0.5) is 15.8 Å². The molecule has 0 heterocycles. The minimum Gasteiger partial charge on any atom is -0.378 e. The van der Waals surface area contributed by atoms with Crippen molar-refractivity contribution in [3.05, 3.63) is 32.5 Å². The Hall–Kier alpha value is -1.26. The average Bonchev–Trinajstić information content (AvgIpc) is 2.20. The largest absolute Gasteiger partial charge is 0.378 e. The second-order valence-electron chi connectivity index (χ2n) is 3.33. The van der Waals surface area contributed by atoms with Crippen LogP contribution in [0.1, 0.15) is 0 Å². The number of rotatable bonds is 5. The first-order chi connectivity index (χ1) is 8.20. The maximum absolute atomic E-state index is 13.1. The van der Waals surface area contributed by atoms with Gasteiger partial charge in [-0.15, -0.1) is 0 Å². The minimum absolute atomic E-state index is 0.0110. The molecule has 18 heavy (non-hydrogen) atoms. The Morgan fingerprint density at radius 1 is 1.50 bits per heavy atom. The summed E-state index contributed by atoms with van der Waals surface area (Å²) in [5.74, 6) is -1.17. The highest BCUT2D eigenvalue weighted by Crippen LogP contribution is 2.30. The van der Waals surface area contributed by atoms with Crippen LogP contribution in [0.3, 0.4) is 0 Å². The van der Waals surface area contributed by atoms with E-state index in [4.69, 9.17) is 5.14 Å². The zero-order valence-electron chi connectivity index (χ0n) is 8.89. The Kier molecular flexibility index (Phi) is 4.59. The Balaban J connectivity index is 2.94. The van der Waals surface area contributed by atoms with E-state index in [9.17, 15) is 22.9 Å². The van der Waals surface area contributed by atoms with E-state index in [1.54, 1.807) is 0 Å². The molecule has 1 rings (SSSR count). The number of benzene rings is 1. The van der Waals surface area contributed by atoms with Crippen molar-refractivity contribution < 1.29 is 17.7 Å². The molecule has 0 unspecified atom stereocenters. The molecule has 7 nitrogen and oxygen atoms in total. The lowest BCUT2D eigenvalue weighted by molar-refractivity contribution is -0.384. The molecule has 0 fully saturated rings. The van der Waals surface area contributed by atoms with Gasteiger partial charge in [0.2, 0.25) is 10.0 Å². The molecule has 0 radical (unpaired) electrons. The maximum Gasteiger partial charge on any atom is 0.295 e. The smallest absolute Gasteiger partial charge is 0.295 e. The van der Waals surface area contributed by atoms with Crippen LogP contribution in [0.15, 0.2) is 16.6 Å². The van der Waals surface area contributed by atoms with E-state index in [1.807, 2.05) is 0 Å². The van der Waals surface area contributed by atoms with Gasteiger partial charge in [-0.3, -0.25) is 10.1 Å². The van der Waals surface area contributed by atoms with E-state index in [2.05, 4.69) is 21.2 Å². The monoisotopic (exact) mass is 341 g/mol. The fourth-order valence-electron chi connectivity index (χ4n) is 1.16. The zero-order valence-corrected chi connectivity index (χ0v) is 11.3. The molecule has 0 spiro atoms. The van der Waals surface area contributed by atoms with Crippen LogP contribution >= 0.6 is 15.9 Å². The molecule has 100 valence electrons. The summed E-state index contributed by atoms with van der Waals surface area (Å²) in [5, 5.41) is 18.0. The lowest BCUT2D eigenvalue weighted by Gasteiger charge is -2.07. The zero-order chi connectivity index (χ0) is 13.9. The Morgan fingerprint density at radius 2 is 2.11 bits per heavy atom. The van der Waals surface area contributed by atoms with Crippen molar-refractivity contribution in [1.29, 1.82) is 0 Å². The number of sulfonamides is 1. The Bertz CT molecular complexity index is 578. The lowest BCUT2D eigenvalue weighted by Crippen LogP contribution is -2.22. The van der Waals surface area contributed by atoms with Gasteiger partial charge in [-0.25, -0.2) is 17.9 Å². The van der Waals surface area contributed by atoms with Gasteiger partial charge in [0.15, 0.2) is 0 Å². The number of primary sulfonamides is 1. The molecule has 0 bridgehead atoms. The van der Waals surface area contributed by atoms with Gasteiger partial charge >= 0.3 is 0 Å². The number of hydrogen-bond donors (Lipinski definition) is 2. The predicted molar refractivity (Wildman–Crippen MR) is 67.2 cm³/mol. The van der Waals surface area contributed by atoms with Gasteiger partial charge in [-0.1, -0.05) is 0 Å². The SMILES string of the molecule is NS(=O)(=O)CCNc1cc(Br)c(F)cc1[N+](=O)[O-]. The van der Waals surface area contributed by atoms with Crippen LogP contribution in [0, 0.1) is 15.9 Å². The van der Waals surface area contributed by atoms with Gasteiger partial charge in [-0.2, -0.15) is 0 Å². The van der Waals surface area contributed by atoms with E-state index in [-0.39, 0.29) is 22.5 Å². The third-order valence-corrected chi connectivity index (χ3v) is 3.32. The fraction of sp³-hybridized carbons (Fsp3) is 0.250. The number of nitro groups is 1. The first-order valence-electron chi connectivity index (χ1n) is 4.58. The van der Waals surface area contributed by atoms with E-state index in [1.165, 1.54) is 0 Å². The number of halogens is 2. The summed E-state index contributed by atoms with van der Waals surface area (Å²) < 4.78 is 34.6. The highest BCUT2D eigenvalue weighted by molar-refractivity contribution is 9.10. The molecule has 3 N–H and O–H groups in total. The molecule has 0 aliphatic rings. The first kappa shape index (κ1) is 14.8. The number of anilines is 1. The molecule has 0 amide bonds. The molecule has 0 aromatic heterocycles. The van der Waals surface area contributed by atoms with E-state index in [0.717, 1.165) is 12.1 Å². The number of nitrogens with zero attached hydrogens (tertiary/aromatic N) is 1.